The van der Waals surface area contributed by atoms with Crippen LogP contribution in [0.1, 0.15) is 57.1 Å². The Labute approximate surface area is 174 Å². The van der Waals surface area contributed by atoms with E-state index in [0.29, 0.717) is 23.0 Å². The number of aliphatic imine (C=N–C) groups is 1. The summed E-state index contributed by atoms with van der Waals surface area (Å²) in [5, 5.41) is 13.4. The molecule has 1 aromatic carbocycles. The topological polar surface area (TPSA) is 89.1 Å². The molecule has 1 aromatic rings. The molecule has 0 aliphatic carbocycles. The van der Waals surface area contributed by atoms with Crippen molar-refractivity contribution >= 4 is 29.9 Å². The van der Waals surface area contributed by atoms with Gasteiger partial charge in [0, 0.05) is 12.6 Å². The van der Waals surface area contributed by atoms with Crippen LogP contribution >= 0.6 is 24.0 Å². The zero-order valence-electron chi connectivity index (χ0n) is 16.2. The van der Waals surface area contributed by atoms with Crippen LogP contribution in [0.15, 0.2) is 23.2 Å². The smallest absolute Gasteiger partial charge is 0.188 e. The van der Waals surface area contributed by atoms with Gasteiger partial charge in [-0.3, -0.25) is 4.99 Å². The van der Waals surface area contributed by atoms with E-state index in [4.69, 9.17) is 15.2 Å². The van der Waals surface area contributed by atoms with Crippen molar-refractivity contribution in [1.82, 2.24) is 5.32 Å². The molecule has 4 N–H and O–H groups in total. The molecule has 0 saturated heterocycles. The van der Waals surface area contributed by atoms with Crippen molar-refractivity contribution in [3.05, 3.63) is 23.8 Å². The highest BCUT2D eigenvalue weighted by Gasteiger charge is 2.11. The summed E-state index contributed by atoms with van der Waals surface area (Å²) in [4.78, 5) is 4.21. The van der Waals surface area contributed by atoms with Gasteiger partial charge in [-0.25, -0.2) is 0 Å². The molecule has 0 aromatic heterocycles. The van der Waals surface area contributed by atoms with E-state index >= 15 is 0 Å². The molecule has 0 aliphatic rings. The van der Waals surface area contributed by atoms with Crippen LogP contribution in [0.5, 0.6) is 11.5 Å². The average Bonchev–Trinajstić information content (AvgIpc) is 2.64. The largest absolute Gasteiger partial charge is 0.497 e. The standard InChI is InChI=1S/C19H33N3O3.HI/c1-4-5-6-7-8-9-10-21-19(20)22-14-18(23)15-11-16(24-2)13-17(12-15)25-3;/h11-13,18,23H,4-10,14H2,1-3H3,(H3,20,21,22);1H. The fourth-order valence-corrected chi connectivity index (χ4v) is 2.49. The van der Waals surface area contributed by atoms with E-state index in [1.165, 1.54) is 32.1 Å². The van der Waals surface area contributed by atoms with Crippen LogP contribution in [-0.2, 0) is 0 Å². The maximum Gasteiger partial charge on any atom is 0.188 e. The molecule has 0 spiro atoms. The Morgan fingerprint density at radius 2 is 1.65 bits per heavy atom. The van der Waals surface area contributed by atoms with Crippen LogP contribution in [-0.4, -0.2) is 38.4 Å². The number of nitrogens with two attached hydrogens (primary N) is 1. The fourth-order valence-electron chi connectivity index (χ4n) is 2.49. The molecule has 1 unspecified atom stereocenters. The summed E-state index contributed by atoms with van der Waals surface area (Å²) < 4.78 is 10.4. The number of unbranched alkanes of at least 4 members (excludes halogenated alkanes) is 5. The normalized spacial score (nSPS) is 12.2. The average molecular weight is 479 g/mol. The van der Waals surface area contributed by atoms with Crippen LogP contribution in [0, 0.1) is 0 Å². The third kappa shape index (κ3) is 10.1. The zero-order chi connectivity index (χ0) is 18.5. The van der Waals surface area contributed by atoms with E-state index in [1.807, 2.05) is 0 Å². The highest BCUT2D eigenvalue weighted by Crippen LogP contribution is 2.26. The molecule has 0 amide bonds. The van der Waals surface area contributed by atoms with Crippen molar-refractivity contribution in [2.24, 2.45) is 10.7 Å². The van der Waals surface area contributed by atoms with Gasteiger partial charge in [-0.1, -0.05) is 39.0 Å². The number of methoxy groups -OCH3 is 2. The minimum Gasteiger partial charge on any atom is -0.497 e. The van der Waals surface area contributed by atoms with E-state index in [9.17, 15) is 5.11 Å². The van der Waals surface area contributed by atoms with E-state index in [0.717, 1.165) is 13.0 Å². The first-order chi connectivity index (χ1) is 12.1. The highest BCUT2D eigenvalue weighted by atomic mass is 127. The Kier molecular flexibility index (Phi) is 14.2. The summed E-state index contributed by atoms with van der Waals surface area (Å²) >= 11 is 0. The molecule has 0 saturated carbocycles. The Morgan fingerprint density at radius 3 is 2.23 bits per heavy atom. The third-order valence-electron chi connectivity index (χ3n) is 4.03. The Bertz CT molecular complexity index is 505. The van der Waals surface area contributed by atoms with Gasteiger partial charge in [-0.15, -0.1) is 24.0 Å². The molecule has 150 valence electrons. The van der Waals surface area contributed by atoms with E-state index in [1.54, 1.807) is 32.4 Å². The van der Waals surface area contributed by atoms with Gasteiger partial charge in [0.1, 0.15) is 11.5 Å². The number of benzene rings is 1. The van der Waals surface area contributed by atoms with Gasteiger partial charge < -0.3 is 25.6 Å². The van der Waals surface area contributed by atoms with E-state index < -0.39 is 6.10 Å². The maximum absolute atomic E-state index is 10.3. The van der Waals surface area contributed by atoms with Crippen LogP contribution < -0.4 is 20.5 Å². The van der Waals surface area contributed by atoms with Gasteiger partial charge in [-0.2, -0.15) is 0 Å². The molecule has 0 fully saturated rings. The number of aliphatic hydroxyl groups excluding tert-OH is 1. The third-order valence-corrected chi connectivity index (χ3v) is 4.03. The van der Waals surface area contributed by atoms with Crippen molar-refractivity contribution in [2.45, 2.75) is 51.6 Å². The lowest BCUT2D eigenvalue weighted by Gasteiger charge is -2.13. The van der Waals surface area contributed by atoms with Gasteiger partial charge in [0.2, 0.25) is 0 Å². The molecule has 1 atom stereocenters. The molecule has 0 aliphatic heterocycles. The number of ether oxygens (including phenoxy) is 2. The summed E-state index contributed by atoms with van der Waals surface area (Å²) in [6.07, 6.45) is 6.66. The number of halogens is 1. The first-order valence-corrected chi connectivity index (χ1v) is 9.05. The molecule has 26 heavy (non-hydrogen) atoms. The number of nitrogens with one attached hydrogen (secondary N) is 1. The van der Waals surface area contributed by atoms with Crippen molar-refractivity contribution in [1.29, 1.82) is 0 Å². The lowest BCUT2D eigenvalue weighted by atomic mass is 10.1. The van der Waals surface area contributed by atoms with Crippen LogP contribution in [0.2, 0.25) is 0 Å². The predicted molar refractivity (Wildman–Crippen MR) is 118 cm³/mol. The summed E-state index contributed by atoms with van der Waals surface area (Å²) in [6, 6.07) is 5.29. The van der Waals surface area contributed by atoms with Crippen molar-refractivity contribution in [2.75, 3.05) is 27.3 Å². The lowest BCUT2D eigenvalue weighted by Crippen LogP contribution is -2.32. The summed E-state index contributed by atoms with van der Waals surface area (Å²) in [7, 11) is 3.15. The van der Waals surface area contributed by atoms with Gasteiger partial charge in [0.15, 0.2) is 5.96 Å². The number of hydrogen-bond acceptors (Lipinski definition) is 4. The number of guanidine groups is 1. The summed E-state index contributed by atoms with van der Waals surface area (Å²) in [5.74, 6) is 1.63. The molecular formula is C19H34IN3O3. The van der Waals surface area contributed by atoms with Crippen molar-refractivity contribution < 1.29 is 14.6 Å². The molecule has 7 heteroatoms. The van der Waals surface area contributed by atoms with Crippen molar-refractivity contribution in [3.63, 3.8) is 0 Å². The van der Waals surface area contributed by atoms with Gasteiger partial charge >= 0.3 is 0 Å². The van der Waals surface area contributed by atoms with Crippen LogP contribution in [0.4, 0.5) is 0 Å². The second-order valence-corrected chi connectivity index (χ2v) is 6.08. The second-order valence-electron chi connectivity index (χ2n) is 6.08. The predicted octanol–water partition coefficient (Wildman–Crippen LogP) is 3.62. The number of rotatable bonds is 12. The fraction of sp³-hybridized carbons (Fsp3) is 0.632. The highest BCUT2D eigenvalue weighted by molar-refractivity contribution is 14.0. The van der Waals surface area contributed by atoms with Gasteiger partial charge in [-0.05, 0) is 24.1 Å². The number of hydrogen-bond donors (Lipinski definition) is 3. The molecule has 0 heterocycles. The Morgan fingerprint density at radius 1 is 1.08 bits per heavy atom. The molecule has 0 radical (unpaired) electrons. The monoisotopic (exact) mass is 479 g/mol. The second kappa shape index (κ2) is 14.9. The minimum absolute atomic E-state index is 0. The quantitative estimate of drug-likeness (QED) is 0.185. The van der Waals surface area contributed by atoms with Crippen LogP contribution in [0.3, 0.4) is 0 Å². The summed E-state index contributed by atoms with van der Waals surface area (Å²) in [5.41, 5.74) is 6.54. The lowest BCUT2D eigenvalue weighted by molar-refractivity contribution is 0.186. The molecule has 1 rings (SSSR count). The van der Waals surface area contributed by atoms with Gasteiger partial charge in [0.05, 0.1) is 26.9 Å². The first kappa shape index (κ1) is 24.8. The zero-order valence-corrected chi connectivity index (χ0v) is 18.5. The Balaban J connectivity index is 0.00000625. The van der Waals surface area contributed by atoms with E-state index in [-0.39, 0.29) is 30.5 Å². The number of nitrogens with zero attached hydrogens (tertiary/aromatic N) is 1. The maximum atomic E-state index is 10.3. The molecule has 0 bridgehead atoms. The van der Waals surface area contributed by atoms with Crippen LogP contribution in [0.25, 0.3) is 0 Å². The van der Waals surface area contributed by atoms with Gasteiger partial charge in [0.25, 0.3) is 0 Å². The summed E-state index contributed by atoms with van der Waals surface area (Å²) in [6.45, 7) is 3.21. The molecular weight excluding hydrogens is 445 g/mol. The first-order valence-electron chi connectivity index (χ1n) is 9.05. The van der Waals surface area contributed by atoms with E-state index in [2.05, 4.69) is 17.2 Å². The Hall–Kier alpha value is -1.22. The number of aliphatic hydroxyl groups is 1. The molecule has 6 nitrogen and oxygen atoms in total. The minimum atomic E-state index is -0.765. The SMILES string of the molecule is CCCCCCCCNC(N)=NCC(O)c1cc(OC)cc(OC)c1.I. The van der Waals surface area contributed by atoms with Crippen molar-refractivity contribution in [3.8, 4) is 11.5 Å².